The molecule has 5 N–H and O–H groups in total. The molecule has 13 nitrogen and oxygen atoms in total. The number of phosphoric acid groups is 1. The van der Waals surface area contributed by atoms with Gasteiger partial charge < -0.3 is 30.3 Å². The number of nitrogen functional groups attached to an aromatic ring is 1. The Kier molecular flexibility index (Phi) is 28.4. The van der Waals surface area contributed by atoms with Crippen LogP contribution in [0.3, 0.4) is 0 Å². The zero-order chi connectivity index (χ0) is 44.7. The number of phosphoric ester groups is 1. The van der Waals surface area contributed by atoms with Gasteiger partial charge in [0.2, 0.25) is 5.60 Å². The minimum absolute atomic E-state index is 0.0266. The van der Waals surface area contributed by atoms with Gasteiger partial charge in [-0.1, -0.05) is 194 Å². The van der Waals surface area contributed by atoms with E-state index >= 15 is 0 Å². The first-order valence-corrected chi connectivity index (χ1v) is 26.4. The largest absolute Gasteiger partial charge is 0.472 e. The van der Waals surface area contributed by atoms with Crippen molar-refractivity contribution in [1.29, 1.82) is 5.26 Å². The number of anilines is 1. The highest BCUT2D eigenvalue weighted by Crippen LogP contribution is 2.46. The van der Waals surface area contributed by atoms with E-state index in [1.807, 2.05) is 6.07 Å². The molecule has 1 aliphatic heterocycles. The van der Waals surface area contributed by atoms with Gasteiger partial charge in [0.1, 0.15) is 36.2 Å². The minimum Gasteiger partial charge on any atom is -0.387 e. The lowest BCUT2D eigenvalue weighted by Gasteiger charge is -2.24. The van der Waals surface area contributed by atoms with Gasteiger partial charge in [-0.2, -0.15) is 10.4 Å². The van der Waals surface area contributed by atoms with Crippen LogP contribution in [-0.2, 0) is 28.7 Å². The molecule has 0 saturated carbocycles. The van der Waals surface area contributed by atoms with E-state index < -0.39 is 38.3 Å². The summed E-state index contributed by atoms with van der Waals surface area (Å²) in [7, 11) is -4.61. The predicted molar refractivity (Wildman–Crippen MR) is 247 cm³/mol. The summed E-state index contributed by atoms with van der Waals surface area (Å²) in [5, 5.41) is 36.3. The molecule has 1 aliphatic rings. The Morgan fingerprint density at radius 1 is 0.758 bits per heavy atom. The average molecular weight is 892 g/mol. The lowest BCUT2D eigenvalue weighted by molar-refractivity contribution is -0.0647. The number of aliphatic hydroxyl groups excluding tert-OH is 2. The fraction of sp³-hybridized carbons (Fsp3) is 0.854. The fourth-order valence-electron chi connectivity index (χ4n) is 8.62. The SMILES string of the molecule is CCCCCCCCCCCCCCCCC[C@H](COCCCCCCCCCCCCCCCC)COP(=O)(O)OC[C@H]1O[C@@](C#N)(c2ccc3c(N)ncnn23)[C@H](O)[C@@H]1O. The van der Waals surface area contributed by atoms with E-state index in [4.69, 9.17) is 24.3 Å². The van der Waals surface area contributed by atoms with Gasteiger partial charge in [-0.3, -0.25) is 9.05 Å². The number of nitrogens with zero attached hydrogens (tertiary/aromatic N) is 4. The lowest BCUT2D eigenvalue weighted by Crippen LogP contribution is -2.41. The first-order chi connectivity index (χ1) is 30.2. The van der Waals surface area contributed by atoms with Crippen molar-refractivity contribution in [2.24, 2.45) is 5.92 Å². The van der Waals surface area contributed by atoms with E-state index in [0.717, 1.165) is 32.1 Å². The molecule has 1 unspecified atom stereocenters. The van der Waals surface area contributed by atoms with E-state index in [9.17, 15) is 24.9 Å². The summed E-state index contributed by atoms with van der Waals surface area (Å²) >= 11 is 0. The van der Waals surface area contributed by atoms with Crippen LogP contribution in [0.15, 0.2) is 18.5 Å². The third kappa shape index (κ3) is 20.4. The lowest BCUT2D eigenvalue weighted by atomic mass is 9.92. The van der Waals surface area contributed by atoms with Gasteiger partial charge in [-0.15, -0.1) is 0 Å². The van der Waals surface area contributed by atoms with Crippen LogP contribution < -0.4 is 5.73 Å². The first-order valence-electron chi connectivity index (χ1n) is 24.9. The summed E-state index contributed by atoms with van der Waals surface area (Å²) in [6, 6.07) is 5.04. The molecule has 62 heavy (non-hydrogen) atoms. The van der Waals surface area contributed by atoms with E-state index in [1.165, 1.54) is 177 Å². The van der Waals surface area contributed by atoms with Crippen molar-refractivity contribution in [3.63, 3.8) is 0 Å². The molecule has 0 aliphatic carbocycles. The molecule has 1 saturated heterocycles. The number of nitrogens with two attached hydrogens (primary N) is 1. The molecule has 14 heteroatoms. The van der Waals surface area contributed by atoms with Crippen LogP contribution in [0.1, 0.15) is 212 Å². The molecule has 0 amide bonds. The molecule has 0 aromatic carbocycles. The molecule has 0 bridgehead atoms. The maximum absolute atomic E-state index is 13.1. The number of rotatable bonds is 40. The van der Waals surface area contributed by atoms with Crippen molar-refractivity contribution in [3.8, 4) is 6.07 Å². The van der Waals surface area contributed by atoms with Crippen LogP contribution in [0.2, 0.25) is 0 Å². The molecule has 3 rings (SSSR count). The van der Waals surface area contributed by atoms with Gasteiger partial charge >= 0.3 is 7.82 Å². The van der Waals surface area contributed by atoms with Crippen molar-refractivity contribution in [2.45, 2.75) is 230 Å². The third-order valence-electron chi connectivity index (χ3n) is 12.6. The molecule has 356 valence electrons. The molecular formula is C48H86N5O8P. The van der Waals surface area contributed by atoms with Gasteiger partial charge in [-0.05, 0) is 25.0 Å². The van der Waals surface area contributed by atoms with Crippen molar-refractivity contribution in [3.05, 3.63) is 24.2 Å². The number of hydrogen-bond donors (Lipinski definition) is 4. The molecule has 0 spiro atoms. The number of aliphatic hydroxyl groups is 2. The van der Waals surface area contributed by atoms with Crippen LogP contribution in [0, 0.1) is 17.2 Å². The topological polar surface area (TPSA) is 195 Å². The molecule has 3 heterocycles. The second-order valence-corrected chi connectivity index (χ2v) is 19.4. The number of aromatic nitrogens is 3. The van der Waals surface area contributed by atoms with E-state index in [2.05, 4.69) is 23.9 Å². The summed E-state index contributed by atoms with van der Waals surface area (Å²) in [5.74, 6) is 0.0647. The summed E-state index contributed by atoms with van der Waals surface area (Å²) in [6.07, 6.45) is 34.9. The maximum Gasteiger partial charge on any atom is 0.472 e. The first kappa shape index (κ1) is 54.2. The van der Waals surface area contributed by atoms with E-state index in [0.29, 0.717) is 18.7 Å². The summed E-state index contributed by atoms with van der Waals surface area (Å²) < 4.78 is 37.2. The van der Waals surface area contributed by atoms with E-state index in [-0.39, 0.29) is 24.0 Å². The van der Waals surface area contributed by atoms with Gasteiger partial charge in [0.15, 0.2) is 5.82 Å². The second-order valence-electron chi connectivity index (χ2n) is 17.9. The van der Waals surface area contributed by atoms with Crippen molar-refractivity contribution in [2.75, 3.05) is 32.2 Å². The van der Waals surface area contributed by atoms with E-state index in [1.54, 1.807) is 6.07 Å². The number of nitriles is 1. The average Bonchev–Trinajstić information content (AvgIpc) is 3.82. The van der Waals surface area contributed by atoms with Crippen LogP contribution in [0.4, 0.5) is 5.82 Å². The Morgan fingerprint density at radius 2 is 1.24 bits per heavy atom. The van der Waals surface area contributed by atoms with Crippen molar-refractivity contribution < 1.29 is 38.2 Å². The zero-order valence-electron chi connectivity index (χ0n) is 38.8. The molecule has 6 atom stereocenters. The summed E-state index contributed by atoms with van der Waals surface area (Å²) in [5.41, 5.74) is 4.41. The van der Waals surface area contributed by atoms with Crippen LogP contribution in [0.5, 0.6) is 0 Å². The quantitative estimate of drug-likeness (QED) is 0.0366. The van der Waals surface area contributed by atoms with Crippen LogP contribution >= 0.6 is 7.82 Å². The molecular weight excluding hydrogens is 806 g/mol. The number of unbranched alkanes of at least 4 members (excludes halogenated alkanes) is 27. The monoisotopic (exact) mass is 892 g/mol. The Labute approximate surface area is 374 Å². The summed E-state index contributed by atoms with van der Waals surface area (Å²) in [6.45, 7) is 4.98. The molecule has 2 aromatic heterocycles. The Hall–Kier alpha value is -2.14. The number of hydrogen-bond acceptors (Lipinski definition) is 11. The van der Waals surface area contributed by atoms with Gasteiger partial charge in [-0.25, -0.2) is 14.1 Å². The highest BCUT2D eigenvalue weighted by Gasteiger charge is 2.58. The molecule has 0 radical (unpaired) electrons. The van der Waals surface area contributed by atoms with Crippen LogP contribution in [0.25, 0.3) is 5.52 Å². The highest BCUT2D eigenvalue weighted by atomic mass is 31.2. The smallest absolute Gasteiger partial charge is 0.387 e. The zero-order valence-corrected chi connectivity index (χ0v) is 39.7. The van der Waals surface area contributed by atoms with Crippen LogP contribution in [-0.4, -0.2) is 74.4 Å². The molecule has 1 fully saturated rings. The number of ether oxygens (including phenoxy) is 2. The third-order valence-corrected chi connectivity index (χ3v) is 13.5. The Bertz CT molecular complexity index is 1530. The number of fused-ring (bicyclic) bond motifs is 1. The Morgan fingerprint density at radius 3 is 1.74 bits per heavy atom. The standard InChI is InChI=1S/C48H86N5O8P/c1-3-5-7-9-11-13-15-17-19-20-22-24-26-28-30-32-41(36-58-35-31-29-27-25-23-21-18-16-14-12-10-8-6-4-2)37-59-62(56,57)60-38-43-45(54)46(55)48(39-49,61-43)44-34-33-42-47(50)51-40-52-53(42)44/h33-34,40-41,43,45-46,54-55H,3-32,35-38H2,1-2H3,(H,56,57)(H2,50,51,52)/t41-,43-,45-,46-,48+/m1/s1. The van der Waals surface area contributed by atoms with Gasteiger partial charge in [0.25, 0.3) is 0 Å². The van der Waals surface area contributed by atoms with Crippen molar-refractivity contribution >= 4 is 19.2 Å². The van der Waals surface area contributed by atoms with Gasteiger partial charge in [0, 0.05) is 12.5 Å². The maximum atomic E-state index is 13.1. The molecule has 2 aromatic rings. The second kappa shape index (κ2) is 32.5. The predicted octanol–water partition coefficient (Wildman–Crippen LogP) is 11.7. The normalized spacial score (nSPS) is 20.5. The highest BCUT2D eigenvalue weighted by molar-refractivity contribution is 7.47. The Balaban J connectivity index is 1.38. The van der Waals surface area contributed by atoms with Crippen molar-refractivity contribution in [1.82, 2.24) is 14.6 Å². The van der Waals surface area contributed by atoms with Gasteiger partial charge in [0.05, 0.1) is 25.5 Å². The minimum atomic E-state index is -4.61. The fourth-order valence-corrected chi connectivity index (χ4v) is 9.43. The summed E-state index contributed by atoms with van der Waals surface area (Å²) in [4.78, 5) is 14.6.